The van der Waals surface area contributed by atoms with Gasteiger partial charge in [-0.3, -0.25) is 0 Å². The summed E-state index contributed by atoms with van der Waals surface area (Å²) in [5.41, 5.74) is 4.55. The maximum Gasteiger partial charge on any atom is 0.339 e. The van der Waals surface area contributed by atoms with Crippen molar-refractivity contribution in [1.82, 2.24) is 0 Å². The number of hydrogen-bond acceptors (Lipinski definition) is 3. The minimum absolute atomic E-state index is 0.212. The van der Waals surface area contributed by atoms with Crippen LogP contribution in [0.2, 0.25) is 0 Å². The second-order valence-electron chi connectivity index (χ2n) is 8.83. The molecule has 1 fully saturated rings. The van der Waals surface area contributed by atoms with E-state index in [2.05, 4.69) is 30.3 Å². The zero-order chi connectivity index (χ0) is 20.5. The molecule has 1 saturated heterocycles. The molecule has 0 amide bonds. The van der Waals surface area contributed by atoms with Crippen LogP contribution in [0.15, 0.2) is 51.7 Å². The number of aromatic hydroxyl groups is 1. The van der Waals surface area contributed by atoms with Crippen LogP contribution >= 0.6 is 0 Å². The van der Waals surface area contributed by atoms with E-state index in [9.17, 15) is 9.90 Å². The highest BCUT2D eigenvalue weighted by atomic mass is 16.4. The Labute approximate surface area is 176 Å². The van der Waals surface area contributed by atoms with E-state index >= 15 is 0 Å². The van der Waals surface area contributed by atoms with Crippen molar-refractivity contribution in [2.24, 2.45) is 0 Å². The van der Waals surface area contributed by atoms with Gasteiger partial charge in [0.15, 0.2) is 5.58 Å². The first kappa shape index (κ1) is 19.3. The molecular weight excluding hydrogens is 376 g/mol. The van der Waals surface area contributed by atoms with Crippen LogP contribution in [0.3, 0.4) is 0 Å². The van der Waals surface area contributed by atoms with Crippen LogP contribution in [-0.2, 0) is 25.9 Å². The Morgan fingerprint density at radius 1 is 0.833 bits per heavy atom. The van der Waals surface area contributed by atoms with E-state index in [1.807, 2.05) is 6.07 Å². The van der Waals surface area contributed by atoms with E-state index in [1.165, 1.54) is 10.5 Å². The molecule has 30 heavy (non-hydrogen) atoms. The summed E-state index contributed by atoms with van der Waals surface area (Å²) in [6, 6.07) is 14.4. The molecule has 2 heterocycles. The highest BCUT2D eigenvalue weighted by Crippen LogP contribution is 2.32. The fourth-order valence-electron chi connectivity index (χ4n) is 5.17. The van der Waals surface area contributed by atoms with Crippen LogP contribution in [0, 0.1) is 0 Å². The van der Waals surface area contributed by atoms with Gasteiger partial charge in [0.2, 0.25) is 0 Å². The summed E-state index contributed by atoms with van der Waals surface area (Å²) in [7, 11) is 0. The topological polar surface area (TPSA) is 59.3 Å². The fourth-order valence-corrected chi connectivity index (χ4v) is 5.17. The Bertz CT molecular complexity index is 1100. The Morgan fingerprint density at radius 3 is 2.23 bits per heavy atom. The third kappa shape index (κ3) is 3.75. The summed E-state index contributed by atoms with van der Waals surface area (Å²) in [6.45, 7) is 6.07. The lowest BCUT2D eigenvalue weighted by atomic mass is 9.90. The molecule has 0 spiro atoms. The van der Waals surface area contributed by atoms with E-state index in [-0.39, 0.29) is 11.4 Å². The standard InChI is InChI=1S/C25H28N2O3/c28-23-11-10-20-19-8-4-5-9-21(19)25(29)30-24(20)22(23)17-27-14-12-26(13-15-27)16-18-6-2-1-3-7-18/h1-3,6-7,10-11,28H,4-5,8-9,12-17H2/p+2. The van der Waals surface area contributed by atoms with Crippen molar-refractivity contribution in [3.05, 3.63) is 75.1 Å². The third-order valence-electron chi connectivity index (χ3n) is 6.86. The van der Waals surface area contributed by atoms with Gasteiger partial charge in [0.25, 0.3) is 0 Å². The zero-order valence-corrected chi connectivity index (χ0v) is 17.4. The number of phenolic OH excluding ortho intramolecular Hbond substituents is 1. The fraction of sp³-hybridized carbons (Fsp3) is 0.400. The number of rotatable bonds is 4. The van der Waals surface area contributed by atoms with Crippen LogP contribution in [0.1, 0.15) is 35.1 Å². The van der Waals surface area contributed by atoms with Crippen molar-refractivity contribution in [2.45, 2.75) is 38.8 Å². The molecule has 3 N–H and O–H groups in total. The average Bonchev–Trinajstić information content (AvgIpc) is 2.78. The molecule has 1 aromatic heterocycles. The van der Waals surface area contributed by atoms with Gasteiger partial charge in [0, 0.05) is 16.5 Å². The molecule has 3 aromatic rings. The molecule has 1 aliphatic heterocycles. The maximum absolute atomic E-state index is 12.6. The molecule has 0 atom stereocenters. The maximum atomic E-state index is 12.6. The smallest absolute Gasteiger partial charge is 0.339 e. The van der Waals surface area contributed by atoms with Gasteiger partial charge in [-0.1, -0.05) is 30.3 Å². The first-order valence-electron chi connectivity index (χ1n) is 11.2. The van der Waals surface area contributed by atoms with Crippen molar-refractivity contribution >= 4 is 11.0 Å². The lowest BCUT2D eigenvalue weighted by molar-refractivity contribution is -1.02. The summed E-state index contributed by atoms with van der Waals surface area (Å²) >= 11 is 0. The van der Waals surface area contributed by atoms with Crippen molar-refractivity contribution in [3.8, 4) is 5.75 Å². The third-order valence-corrected chi connectivity index (χ3v) is 6.86. The van der Waals surface area contributed by atoms with Crippen molar-refractivity contribution in [3.63, 3.8) is 0 Å². The lowest BCUT2D eigenvalue weighted by Crippen LogP contribution is -3.27. The number of hydrogen-bond donors (Lipinski definition) is 3. The first-order valence-corrected chi connectivity index (χ1v) is 11.2. The van der Waals surface area contributed by atoms with Crippen LogP contribution in [-0.4, -0.2) is 31.3 Å². The Hall–Kier alpha value is -2.63. The largest absolute Gasteiger partial charge is 0.507 e. The van der Waals surface area contributed by atoms with Gasteiger partial charge in [-0.15, -0.1) is 0 Å². The van der Waals surface area contributed by atoms with Gasteiger partial charge in [-0.25, -0.2) is 4.79 Å². The molecule has 5 nitrogen and oxygen atoms in total. The van der Waals surface area contributed by atoms with Gasteiger partial charge in [-0.05, 0) is 43.4 Å². The monoisotopic (exact) mass is 406 g/mol. The number of piperazine rings is 1. The van der Waals surface area contributed by atoms with Gasteiger partial charge >= 0.3 is 5.63 Å². The minimum Gasteiger partial charge on any atom is -0.507 e. The van der Waals surface area contributed by atoms with E-state index in [4.69, 9.17) is 4.42 Å². The molecule has 5 heteroatoms. The van der Waals surface area contributed by atoms with Crippen LogP contribution in [0.25, 0.3) is 11.0 Å². The highest BCUT2D eigenvalue weighted by molar-refractivity contribution is 5.86. The Morgan fingerprint density at radius 2 is 1.50 bits per heavy atom. The van der Waals surface area contributed by atoms with E-state index in [0.717, 1.165) is 80.5 Å². The Kier molecular flexibility index (Phi) is 5.32. The van der Waals surface area contributed by atoms with Gasteiger partial charge in [0.1, 0.15) is 45.0 Å². The normalized spacial score (nSPS) is 21.5. The number of phenols is 1. The molecular formula is C25H30N2O3+2. The zero-order valence-electron chi connectivity index (χ0n) is 17.4. The highest BCUT2D eigenvalue weighted by Gasteiger charge is 2.27. The van der Waals surface area contributed by atoms with Gasteiger partial charge in [0.05, 0.1) is 5.56 Å². The number of quaternary nitrogens is 2. The predicted octanol–water partition coefficient (Wildman–Crippen LogP) is 0.861. The van der Waals surface area contributed by atoms with Crippen LogP contribution < -0.4 is 15.4 Å². The molecule has 0 unspecified atom stereocenters. The summed E-state index contributed by atoms with van der Waals surface area (Å²) in [4.78, 5) is 15.6. The second kappa shape index (κ2) is 8.25. The second-order valence-corrected chi connectivity index (χ2v) is 8.83. The summed E-state index contributed by atoms with van der Waals surface area (Å²) in [5.74, 6) is 0.243. The SMILES string of the molecule is O=c1oc2c(C[NH+]3CC[NH+](Cc4ccccc4)CC3)c(O)ccc2c2c1CCCC2. The van der Waals surface area contributed by atoms with E-state index < -0.39 is 0 Å². The van der Waals surface area contributed by atoms with E-state index in [0.29, 0.717) is 12.1 Å². The minimum atomic E-state index is -0.212. The summed E-state index contributed by atoms with van der Waals surface area (Å²) in [6.07, 6.45) is 3.89. The molecule has 156 valence electrons. The molecule has 0 radical (unpaired) electrons. The van der Waals surface area contributed by atoms with Crippen LogP contribution in [0.4, 0.5) is 0 Å². The first-order chi connectivity index (χ1) is 14.7. The van der Waals surface area contributed by atoms with Gasteiger partial charge < -0.3 is 19.3 Å². The number of aryl methyl sites for hydroxylation is 1. The molecule has 0 saturated carbocycles. The summed E-state index contributed by atoms with van der Waals surface area (Å²) < 4.78 is 5.78. The Balaban J connectivity index is 1.35. The van der Waals surface area contributed by atoms with Crippen LogP contribution in [0.5, 0.6) is 5.75 Å². The molecule has 1 aliphatic carbocycles. The molecule has 5 rings (SSSR count). The van der Waals surface area contributed by atoms with Crippen molar-refractivity contribution in [2.75, 3.05) is 26.2 Å². The van der Waals surface area contributed by atoms with Gasteiger partial charge in [-0.2, -0.15) is 0 Å². The lowest BCUT2D eigenvalue weighted by Gasteiger charge is -2.30. The number of nitrogens with one attached hydrogen (secondary N) is 2. The number of benzene rings is 2. The van der Waals surface area contributed by atoms with Crippen molar-refractivity contribution in [1.29, 1.82) is 0 Å². The van der Waals surface area contributed by atoms with E-state index in [1.54, 1.807) is 11.0 Å². The molecule has 2 aliphatic rings. The average molecular weight is 407 g/mol. The molecule has 2 aromatic carbocycles. The summed E-state index contributed by atoms with van der Waals surface area (Å²) in [5, 5.41) is 11.6. The predicted molar refractivity (Wildman–Crippen MR) is 116 cm³/mol. The van der Waals surface area contributed by atoms with Crippen molar-refractivity contribution < 1.29 is 19.3 Å². The molecule has 0 bridgehead atoms. The quantitative estimate of drug-likeness (QED) is 0.564. The number of fused-ring (bicyclic) bond motifs is 3.